The molecule has 3 nitrogen and oxygen atoms in total. The number of hydrogen-bond acceptors (Lipinski definition) is 3. The van der Waals surface area contributed by atoms with Crippen molar-refractivity contribution in [3.8, 4) is 0 Å². The van der Waals surface area contributed by atoms with E-state index in [1.54, 1.807) is 0 Å². The van der Waals surface area contributed by atoms with E-state index in [-0.39, 0.29) is 5.05 Å². The molecule has 0 aromatic carbocycles. The van der Waals surface area contributed by atoms with E-state index >= 15 is 0 Å². The lowest BCUT2D eigenvalue weighted by atomic mass is 11.0. The topological polar surface area (TPSA) is 46.7 Å². The van der Waals surface area contributed by atoms with Gasteiger partial charge in [-0.1, -0.05) is 0 Å². The first-order valence-electron chi connectivity index (χ1n) is 1.38. The third-order valence-electron chi connectivity index (χ3n) is 0.448. The smallest absolute Gasteiger partial charge is 0.243 e. The van der Waals surface area contributed by atoms with Crippen molar-refractivity contribution in [2.45, 2.75) is 0 Å². The standard InChI is InChI=1S/C2H2O3S/c3-6(4)2-1-5-2/h1H2. The third-order valence-corrected chi connectivity index (χ3v) is 1.06. The van der Waals surface area contributed by atoms with Crippen LogP contribution in [0.15, 0.2) is 0 Å². The van der Waals surface area contributed by atoms with Gasteiger partial charge in [0.25, 0.3) is 0 Å². The minimum atomic E-state index is -2.06. The summed E-state index contributed by atoms with van der Waals surface area (Å²) in [5.74, 6) is 0. The van der Waals surface area contributed by atoms with Crippen molar-refractivity contribution in [3.63, 3.8) is 0 Å². The van der Waals surface area contributed by atoms with Crippen molar-refractivity contribution in [1.29, 1.82) is 0 Å². The highest BCUT2D eigenvalue weighted by atomic mass is 32.2. The first-order valence-corrected chi connectivity index (χ1v) is 2.46. The molecule has 0 N–H and O–H groups in total. The quantitative estimate of drug-likeness (QED) is 0.295. The van der Waals surface area contributed by atoms with Crippen molar-refractivity contribution in [3.05, 3.63) is 0 Å². The van der Waals surface area contributed by atoms with E-state index in [1.165, 1.54) is 0 Å². The molecule has 0 bridgehead atoms. The van der Waals surface area contributed by atoms with Gasteiger partial charge >= 0.3 is 0 Å². The molecular weight excluding hydrogens is 104 g/mol. The van der Waals surface area contributed by atoms with Crippen molar-refractivity contribution >= 4 is 15.3 Å². The summed E-state index contributed by atoms with van der Waals surface area (Å²) in [6, 6.07) is 0. The molecule has 0 atom stereocenters. The largest absolute Gasteiger partial charge is 0.325 e. The normalized spacial score (nSPS) is 17.7. The number of ether oxygens (including phenoxy) is 1. The summed E-state index contributed by atoms with van der Waals surface area (Å²) in [6.45, 7) is 0.302. The predicted molar refractivity (Wildman–Crippen MR) is 19.9 cm³/mol. The van der Waals surface area contributed by atoms with Crippen molar-refractivity contribution < 1.29 is 13.2 Å². The zero-order valence-electron chi connectivity index (χ0n) is 2.84. The van der Waals surface area contributed by atoms with E-state index < -0.39 is 10.3 Å². The molecule has 0 radical (unpaired) electrons. The molecule has 6 heavy (non-hydrogen) atoms. The highest BCUT2D eigenvalue weighted by molar-refractivity contribution is 7.73. The van der Waals surface area contributed by atoms with E-state index in [0.29, 0.717) is 6.61 Å². The van der Waals surface area contributed by atoms with Crippen LogP contribution in [0.2, 0.25) is 0 Å². The minimum absolute atomic E-state index is 0.176. The SMILES string of the molecule is O=S(=O)=C1CO1. The zero-order chi connectivity index (χ0) is 4.57. The second-order valence-corrected chi connectivity index (χ2v) is 1.82. The van der Waals surface area contributed by atoms with Gasteiger partial charge in [-0.05, 0) is 0 Å². The number of rotatable bonds is 0. The van der Waals surface area contributed by atoms with Gasteiger partial charge in [0.1, 0.15) is 6.61 Å². The van der Waals surface area contributed by atoms with Crippen LogP contribution in [-0.2, 0) is 15.0 Å². The van der Waals surface area contributed by atoms with Crippen LogP contribution in [-0.4, -0.2) is 20.1 Å². The Labute approximate surface area is 36.1 Å². The van der Waals surface area contributed by atoms with Gasteiger partial charge in [-0.3, -0.25) is 0 Å². The number of epoxide rings is 1. The van der Waals surface area contributed by atoms with Crippen LogP contribution in [0.25, 0.3) is 0 Å². The summed E-state index contributed by atoms with van der Waals surface area (Å²) in [6.07, 6.45) is 0. The maximum Gasteiger partial charge on any atom is 0.243 e. The van der Waals surface area contributed by atoms with Crippen LogP contribution in [0.1, 0.15) is 0 Å². The van der Waals surface area contributed by atoms with Crippen LogP contribution >= 0.6 is 0 Å². The van der Waals surface area contributed by atoms with Gasteiger partial charge in [-0.15, -0.1) is 0 Å². The molecule has 1 aliphatic rings. The van der Waals surface area contributed by atoms with E-state index in [4.69, 9.17) is 0 Å². The van der Waals surface area contributed by atoms with Gasteiger partial charge in [-0.25, -0.2) is 0 Å². The molecule has 1 fully saturated rings. The lowest BCUT2D eigenvalue weighted by Gasteiger charge is -1.38. The molecule has 1 saturated heterocycles. The van der Waals surface area contributed by atoms with E-state index in [1.807, 2.05) is 0 Å². The molecule has 34 valence electrons. The van der Waals surface area contributed by atoms with Gasteiger partial charge in [-0.2, -0.15) is 8.42 Å². The molecule has 1 rings (SSSR count). The summed E-state index contributed by atoms with van der Waals surface area (Å²) in [5.41, 5.74) is 0. The Morgan fingerprint density at radius 2 is 2.17 bits per heavy atom. The van der Waals surface area contributed by atoms with Crippen LogP contribution in [0, 0.1) is 0 Å². The monoisotopic (exact) mass is 106 g/mol. The molecule has 0 unspecified atom stereocenters. The Morgan fingerprint density at radius 3 is 2.17 bits per heavy atom. The van der Waals surface area contributed by atoms with Crippen LogP contribution < -0.4 is 0 Å². The first kappa shape index (κ1) is 3.83. The Bertz CT molecular complexity index is 161. The van der Waals surface area contributed by atoms with Crippen LogP contribution in [0.5, 0.6) is 0 Å². The molecule has 1 heterocycles. The Balaban J connectivity index is 3.21. The first-order chi connectivity index (χ1) is 2.80. The molecular formula is C2H2O3S. The fourth-order valence-corrected chi connectivity index (χ4v) is 0.377. The predicted octanol–water partition coefficient (Wildman–Crippen LogP) is -0.974. The average molecular weight is 106 g/mol. The van der Waals surface area contributed by atoms with E-state index in [9.17, 15) is 8.42 Å². The maximum absolute atomic E-state index is 9.60. The maximum atomic E-state index is 9.60. The zero-order valence-corrected chi connectivity index (χ0v) is 3.66. The highest BCUT2D eigenvalue weighted by Gasteiger charge is 2.15. The molecule has 0 aromatic rings. The molecule has 0 saturated carbocycles. The van der Waals surface area contributed by atoms with Gasteiger partial charge < -0.3 is 4.74 Å². The lowest BCUT2D eigenvalue weighted by molar-refractivity contribution is 0.552. The fourth-order valence-electron chi connectivity index (χ4n) is 0.126. The summed E-state index contributed by atoms with van der Waals surface area (Å²) < 4.78 is 23.5. The Morgan fingerprint density at radius 1 is 1.67 bits per heavy atom. The summed E-state index contributed by atoms with van der Waals surface area (Å²) in [5, 5.41) is 0.176. The molecule has 0 aromatic heterocycles. The van der Waals surface area contributed by atoms with Gasteiger partial charge in [0.05, 0.1) is 0 Å². The third kappa shape index (κ3) is 0.580. The van der Waals surface area contributed by atoms with Crippen molar-refractivity contribution in [1.82, 2.24) is 0 Å². The second-order valence-electron chi connectivity index (χ2n) is 0.895. The lowest BCUT2D eigenvalue weighted by Crippen LogP contribution is -1.64. The van der Waals surface area contributed by atoms with Crippen molar-refractivity contribution in [2.75, 3.05) is 6.61 Å². The van der Waals surface area contributed by atoms with Gasteiger partial charge in [0.15, 0.2) is 5.05 Å². The van der Waals surface area contributed by atoms with Gasteiger partial charge in [0, 0.05) is 0 Å². The van der Waals surface area contributed by atoms with Crippen LogP contribution in [0.3, 0.4) is 0 Å². The minimum Gasteiger partial charge on any atom is -0.325 e. The fraction of sp³-hybridized carbons (Fsp3) is 0.500. The number of hydrogen-bond donors (Lipinski definition) is 0. The van der Waals surface area contributed by atoms with E-state index in [0.717, 1.165) is 0 Å². The summed E-state index contributed by atoms with van der Waals surface area (Å²) in [4.78, 5) is 0. The molecule has 0 amide bonds. The summed E-state index contributed by atoms with van der Waals surface area (Å²) >= 11 is 0. The van der Waals surface area contributed by atoms with Crippen molar-refractivity contribution in [2.24, 2.45) is 0 Å². The van der Waals surface area contributed by atoms with Crippen LogP contribution in [0.4, 0.5) is 0 Å². The molecule has 1 aliphatic heterocycles. The average Bonchev–Trinajstić information content (AvgIpc) is 2.06. The molecule has 4 heteroatoms. The van der Waals surface area contributed by atoms with Gasteiger partial charge in [0.2, 0.25) is 10.3 Å². The highest BCUT2D eigenvalue weighted by Crippen LogP contribution is 1.93. The molecule has 0 spiro atoms. The Kier molecular flexibility index (Phi) is 0.675. The second kappa shape index (κ2) is 1.06. The van der Waals surface area contributed by atoms with E-state index in [2.05, 4.69) is 4.74 Å². The Hall–Kier alpha value is -0.350. The summed E-state index contributed by atoms with van der Waals surface area (Å²) in [7, 11) is -2.06. The molecule has 0 aliphatic carbocycles.